The molecule has 3 rings (SSSR count). The third-order valence-corrected chi connectivity index (χ3v) is 3.79. The van der Waals surface area contributed by atoms with Gasteiger partial charge in [0.2, 0.25) is 0 Å². The molecule has 1 aliphatic carbocycles. The summed E-state index contributed by atoms with van der Waals surface area (Å²) in [5.74, 6) is 0.0635. The number of amides is 1. The van der Waals surface area contributed by atoms with Crippen LogP contribution in [-0.2, 0) is 13.0 Å². The van der Waals surface area contributed by atoms with E-state index in [0.29, 0.717) is 30.1 Å². The number of fused-ring (bicyclic) bond motifs is 1. The first kappa shape index (κ1) is 12.3. The van der Waals surface area contributed by atoms with Gasteiger partial charge in [0.25, 0.3) is 5.91 Å². The molecule has 0 aromatic carbocycles. The molecule has 1 saturated carbocycles. The molecule has 1 fully saturated rings. The molecule has 1 aromatic heterocycles. The van der Waals surface area contributed by atoms with Gasteiger partial charge in [0.1, 0.15) is 0 Å². The summed E-state index contributed by atoms with van der Waals surface area (Å²) < 4.78 is 14.3. The van der Waals surface area contributed by atoms with Gasteiger partial charge in [0.15, 0.2) is 0 Å². The molecule has 2 aliphatic rings. The van der Waals surface area contributed by atoms with Crippen LogP contribution in [0.1, 0.15) is 28.9 Å². The average Bonchev–Trinajstić information content (AvgIpc) is 3.18. The number of nitrogens with two attached hydrogens (primary N) is 1. The van der Waals surface area contributed by atoms with E-state index in [0.717, 1.165) is 31.5 Å². The number of hydrogen-bond donors (Lipinski definition) is 1. The number of halogens is 1. The standard InChI is InChI=1S/C13H17FN4O/c14-5-9(6-15)8-18-12-3-4-17(10-1-2-10)13(19)11(12)7-16-18/h5,7,10H,1-4,6,8,15H2/b9-5+. The molecule has 5 nitrogen and oxygen atoms in total. The zero-order valence-electron chi connectivity index (χ0n) is 10.7. The molecule has 2 heterocycles. The molecule has 0 spiro atoms. The van der Waals surface area contributed by atoms with Crippen molar-refractivity contribution in [1.82, 2.24) is 14.7 Å². The highest BCUT2D eigenvalue weighted by molar-refractivity contribution is 5.96. The highest BCUT2D eigenvalue weighted by atomic mass is 19.1. The van der Waals surface area contributed by atoms with Gasteiger partial charge < -0.3 is 10.6 Å². The van der Waals surface area contributed by atoms with E-state index in [9.17, 15) is 9.18 Å². The molecule has 1 amide bonds. The lowest BCUT2D eigenvalue weighted by atomic mass is 10.1. The minimum absolute atomic E-state index is 0.0635. The molecule has 1 aromatic rings. The Kier molecular flexibility index (Phi) is 3.10. The van der Waals surface area contributed by atoms with Gasteiger partial charge in [-0.3, -0.25) is 9.48 Å². The Morgan fingerprint density at radius 1 is 1.58 bits per heavy atom. The van der Waals surface area contributed by atoms with Crippen molar-refractivity contribution in [3.05, 3.63) is 29.4 Å². The first-order valence-electron chi connectivity index (χ1n) is 6.58. The maximum absolute atomic E-state index is 12.6. The maximum atomic E-state index is 12.6. The summed E-state index contributed by atoms with van der Waals surface area (Å²) in [5, 5.41) is 4.20. The zero-order valence-corrected chi connectivity index (χ0v) is 10.7. The molecule has 0 bridgehead atoms. The summed E-state index contributed by atoms with van der Waals surface area (Å²) in [6.45, 7) is 1.21. The SMILES string of the molecule is NC/C(=C\F)Cn1ncc2c1CCN(C1CC1)C2=O. The largest absolute Gasteiger partial charge is 0.335 e. The Labute approximate surface area is 110 Å². The van der Waals surface area contributed by atoms with Crippen LogP contribution < -0.4 is 5.73 Å². The molecule has 0 unspecified atom stereocenters. The number of carbonyl (C=O) groups excluding carboxylic acids is 1. The van der Waals surface area contributed by atoms with Crippen LogP contribution in [0, 0.1) is 0 Å². The van der Waals surface area contributed by atoms with Crippen LogP contribution in [0.25, 0.3) is 0 Å². The lowest BCUT2D eigenvalue weighted by molar-refractivity contribution is 0.0725. The van der Waals surface area contributed by atoms with Gasteiger partial charge in [-0.1, -0.05) is 0 Å². The van der Waals surface area contributed by atoms with Crippen LogP contribution in [0.2, 0.25) is 0 Å². The number of carbonyl (C=O) groups is 1. The lowest BCUT2D eigenvalue weighted by Gasteiger charge is -2.27. The van der Waals surface area contributed by atoms with Crippen molar-refractivity contribution < 1.29 is 9.18 Å². The van der Waals surface area contributed by atoms with E-state index in [1.165, 1.54) is 0 Å². The van der Waals surface area contributed by atoms with Gasteiger partial charge >= 0.3 is 0 Å². The first-order valence-corrected chi connectivity index (χ1v) is 6.58. The molecule has 0 atom stereocenters. The molecule has 0 radical (unpaired) electrons. The molecular weight excluding hydrogens is 247 g/mol. The topological polar surface area (TPSA) is 64.2 Å². The molecule has 6 heteroatoms. The van der Waals surface area contributed by atoms with Gasteiger partial charge in [-0.05, 0) is 18.4 Å². The third-order valence-electron chi connectivity index (χ3n) is 3.79. The summed E-state index contributed by atoms with van der Waals surface area (Å²) in [6, 6.07) is 0.425. The van der Waals surface area contributed by atoms with Crippen LogP contribution in [-0.4, -0.2) is 39.7 Å². The van der Waals surface area contributed by atoms with E-state index in [1.54, 1.807) is 10.9 Å². The smallest absolute Gasteiger partial charge is 0.257 e. The molecule has 19 heavy (non-hydrogen) atoms. The Hall–Kier alpha value is -1.69. The predicted molar refractivity (Wildman–Crippen MR) is 68.2 cm³/mol. The molecule has 102 valence electrons. The van der Waals surface area contributed by atoms with E-state index in [-0.39, 0.29) is 12.5 Å². The second-order valence-electron chi connectivity index (χ2n) is 5.11. The fraction of sp³-hybridized carbons (Fsp3) is 0.538. The maximum Gasteiger partial charge on any atom is 0.257 e. The Balaban J connectivity index is 1.84. The summed E-state index contributed by atoms with van der Waals surface area (Å²) >= 11 is 0. The van der Waals surface area contributed by atoms with Crippen LogP contribution in [0.5, 0.6) is 0 Å². The molecule has 2 N–H and O–H groups in total. The Morgan fingerprint density at radius 3 is 3.00 bits per heavy atom. The van der Waals surface area contributed by atoms with E-state index >= 15 is 0 Å². The van der Waals surface area contributed by atoms with Crippen molar-refractivity contribution in [2.75, 3.05) is 13.1 Å². The van der Waals surface area contributed by atoms with Crippen LogP contribution in [0.15, 0.2) is 18.1 Å². The Morgan fingerprint density at radius 2 is 2.37 bits per heavy atom. The molecular formula is C13H17FN4O. The van der Waals surface area contributed by atoms with Crippen LogP contribution >= 0.6 is 0 Å². The van der Waals surface area contributed by atoms with Gasteiger partial charge in [-0.2, -0.15) is 5.10 Å². The van der Waals surface area contributed by atoms with Gasteiger partial charge in [-0.25, -0.2) is 4.39 Å². The molecule has 1 aliphatic heterocycles. The number of aromatic nitrogens is 2. The minimum Gasteiger partial charge on any atom is -0.335 e. The average molecular weight is 264 g/mol. The first-order chi connectivity index (χ1) is 9.24. The highest BCUT2D eigenvalue weighted by Gasteiger charge is 2.37. The van der Waals surface area contributed by atoms with E-state index < -0.39 is 0 Å². The molecule has 0 saturated heterocycles. The van der Waals surface area contributed by atoms with Crippen molar-refractivity contribution in [3.8, 4) is 0 Å². The monoisotopic (exact) mass is 264 g/mol. The van der Waals surface area contributed by atoms with Crippen LogP contribution in [0.4, 0.5) is 4.39 Å². The quantitative estimate of drug-likeness (QED) is 0.877. The van der Waals surface area contributed by atoms with Crippen molar-refractivity contribution >= 4 is 5.91 Å². The van der Waals surface area contributed by atoms with Gasteiger partial charge in [0.05, 0.1) is 30.3 Å². The second kappa shape index (κ2) is 4.77. The second-order valence-corrected chi connectivity index (χ2v) is 5.11. The van der Waals surface area contributed by atoms with Gasteiger partial charge in [0, 0.05) is 25.6 Å². The van der Waals surface area contributed by atoms with E-state index in [4.69, 9.17) is 5.73 Å². The van der Waals surface area contributed by atoms with Crippen LogP contribution in [0.3, 0.4) is 0 Å². The third kappa shape index (κ3) is 2.16. The summed E-state index contributed by atoms with van der Waals surface area (Å²) in [5.41, 5.74) is 7.48. The van der Waals surface area contributed by atoms with E-state index in [1.807, 2.05) is 4.90 Å². The fourth-order valence-corrected chi connectivity index (χ4v) is 2.54. The lowest BCUT2D eigenvalue weighted by Crippen LogP contribution is -2.39. The van der Waals surface area contributed by atoms with Crippen molar-refractivity contribution in [2.45, 2.75) is 31.8 Å². The van der Waals surface area contributed by atoms with Crippen molar-refractivity contribution in [3.63, 3.8) is 0 Å². The number of nitrogens with zero attached hydrogens (tertiary/aromatic N) is 3. The summed E-state index contributed by atoms with van der Waals surface area (Å²) in [7, 11) is 0. The summed E-state index contributed by atoms with van der Waals surface area (Å²) in [6.07, 6.45) is 5.11. The normalized spacial score (nSPS) is 19.8. The van der Waals surface area contributed by atoms with E-state index in [2.05, 4.69) is 5.10 Å². The Bertz CT molecular complexity index is 533. The predicted octanol–water partition coefficient (Wildman–Crippen LogP) is 0.856. The minimum atomic E-state index is 0.0635. The highest BCUT2D eigenvalue weighted by Crippen LogP contribution is 2.31. The number of hydrogen-bond acceptors (Lipinski definition) is 3. The fourth-order valence-electron chi connectivity index (χ4n) is 2.54. The number of rotatable bonds is 4. The summed E-state index contributed by atoms with van der Waals surface area (Å²) in [4.78, 5) is 14.2. The van der Waals surface area contributed by atoms with Gasteiger partial charge in [-0.15, -0.1) is 0 Å². The van der Waals surface area contributed by atoms with Crippen molar-refractivity contribution in [2.24, 2.45) is 5.73 Å². The zero-order chi connectivity index (χ0) is 13.4. The van der Waals surface area contributed by atoms with Crippen molar-refractivity contribution in [1.29, 1.82) is 0 Å².